The molecule has 0 radical (unpaired) electrons. The summed E-state index contributed by atoms with van der Waals surface area (Å²) in [4.78, 5) is 2.59. The van der Waals surface area contributed by atoms with Gasteiger partial charge in [0.05, 0.1) is 0 Å². The summed E-state index contributed by atoms with van der Waals surface area (Å²) in [5.74, 6) is 0.871. The molecule has 2 nitrogen and oxygen atoms in total. The Bertz CT molecular complexity index is 181. The van der Waals surface area contributed by atoms with Gasteiger partial charge in [-0.1, -0.05) is 19.8 Å². The molecule has 0 bridgehead atoms. The lowest BCUT2D eigenvalue weighted by Gasteiger charge is -2.41. The lowest BCUT2D eigenvalue weighted by molar-refractivity contribution is 0.0893. The van der Waals surface area contributed by atoms with Crippen molar-refractivity contribution in [3.05, 3.63) is 0 Å². The number of hydrogen-bond donors (Lipinski definition) is 1. The van der Waals surface area contributed by atoms with Gasteiger partial charge in [-0.25, -0.2) is 0 Å². The van der Waals surface area contributed by atoms with Gasteiger partial charge >= 0.3 is 0 Å². The minimum atomic E-state index is 0.573. The van der Waals surface area contributed by atoms with Crippen LogP contribution in [0.3, 0.4) is 0 Å². The summed E-state index contributed by atoms with van der Waals surface area (Å²) < 4.78 is 0. The van der Waals surface area contributed by atoms with Crippen molar-refractivity contribution in [2.75, 3.05) is 14.1 Å². The van der Waals surface area contributed by atoms with Crippen LogP contribution in [-0.2, 0) is 0 Å². The van der Waals surface area contributed by atoms with Gasteiger partial charge in [-0.15, -0.1) is 0 Å². The Balaban J connectivity index is 2.53. The number of hydrogen-bond acceptors (Lipinski definition) is 2. The van der Waals surface area contributed by atoms with Crippen LogP contribution >= 0.6 is 0 Å². The number of likely N-dealkylation sites (N-methyl/N-ethyl adjacent to an activating group) is 2. The van der Waals surface area contributed by atoms with Crippen LogP contribution in [-0.4, -0.2) is 37.1 Å². The molecule has 2 heteroatoms. The molecular formula is C13H28N2. The molecular weight excluding hydrogens is 184 g/mol. The molecule has 0 aliphatic heterocycles. The maximum atomic E-state index is 3.36. The minimum Gasteiger partial charge on any atom is -0.316 e. The Kier molecular flexibility index (Phi) is 5.07. The third-order valence-corrected chi connectivity index (χ3v) is 4.41. The Morgan fingerprint density at radius 2 is 1.80 bits per heavy atom. The second-order valence-electron chi connectivity index (χ2n) is 5.31. The van der Waals surface area contributed by atoms with Crippen molar-refractivity contribution < 1.29 is 0 Å². The first-order chi connectivity index (χ1) is 7.07. The van der Waals surface area contributed by atoms with Crippen molar-refractivity contribution in [2.24, 2.45) is 5.92 Å². The molecule has 15 heavy (non-hydrogen) atoms. The van der Waals surface area contributed by atoms with E-state index in [1.165, 1.54) is 25.7 Å². The van der Waals surface area contributed by atoms with E-state index in [0.717, 1.165) is 12.0 Å². The molecule has 0 amide bonds. The fourth-order valence-corrected chi connectivity index (χ4v) is 2.80. The van der Waals surface area contributed by atoms with Crippen LogP contribution < -0.4 is 5.32 Å². The highest BCUT2D eigenvalue weighted by Crippen LogP contribution is 2.28. The third-order valence-electron chi connectivity index (χ3n) is 4.41. The van der Waals surface area contributed by atoms with Gasteiger partial charge in [-0.3, -0.25) is 4.90 Å². The van der Waals surface area contributed by atoms with Gasteiger partial charge < -0.3 is 5.32 Å². The standard InChI is InChI=1S/C13H28N2/c1-10-8-6-7-9-13(10)15(5)12(3)11(2)14-4/h10-14H,6-9H2,1-5H3. The first kappa shape index (κ1) is 13.0. The fourth-order valence-electron chi connectivity index (χ4n) is 2.80. The van der Waals surface area contributed by atoms with Crippen molar-refractivity contribution in [1.29, 1.82) is 0 Å². The molecule has 1 rings (SSSR count). The largest absolute Gasteiger partial charge is 0.316 e. The smallest absolute Gasteiger partial charge is 0.0218 e. The summed E-state index contributed by atoms with van der Waals surface area (Å²) in [6, 6.07) is 1.99. The second-order valence-corrected chi connectivity index (χ2v) is 5.31. The normalized spacial score (nSPS) is 31.6. The van der Waals surface area contributed by atoms with E-state index in [-0.39, 0.29) is 0 Å². The SMILES string of the molecule is CNC(C)C(C)N(C)C1CCCCC1C. The van der Waals surface area contributed by atoms with E-state index in [4.69, 9.17) is 0 Å². The van der Waals surface area contributed by atoms with Crippen molar-refractivity contribution in [3.8, 4) is 0 Å². The van der Waals surface area contributed by atoms with Crippen LogP contribution in [0.2, 0.25) is 0 Å². The van der Waals surface area contributed by atoms with Gasteiger partial charge in [-0.2, -0.15) is 0 Å². The molecule has 1 aliphatic carbocycles. The summed E-state index contributed by atoms with van der Waals surface area (Å²) in [5, 5.41) is 3.36. The van der Waals surface area contributed by atoms with Gasteiger partial charge in [0.25, 0.3) is 0 Å². The van der Waals surface area contributed by atoms with Gasteiger partial charge in [0.1, 0.15) is 0 Å². The molecule has 0 heterocycles. The van der Waals surface area contributed by atoms with E-state index in [2.05, 4.69) is 45.1 Å². The van der Waals surface area contributed by atoms with E-state index >= 15 is 0 Å². The van der Waals surface area contributed by atoms with Crippen molar-refractivity contribution in [1.82, 2.24) is 10.2 Å². The maximum absolute atomic E-state index is 3.36. The van der Waals surface area contributed by atoms with E-state index in [1.54, 1.807) is 0 Å². The number of rotatable bonds is 4. The molecule has 0 saturated heterocycles. The molecule has 1 N–H and O–H groups in total. The zero-order valence-corrected chi connectivity index (χ0v) is 11.1. The predicted octanol–water partition coefficient (Wildman–Crippen LogP) is 2.49. The molecule has 1 fully saturated rings. The fraction of sp³-hybridized carbons (Fsp3) is 1.00. The summed E-state index contributed by atoms with van der Waals surface area (Å²) in [5.41, 5.74) is 0. The summed E-state index contributed by atoms with van der Waals surface area (Å²) in [7, 11) is 4.35. The Morgan fingerprint density at radius 1 is 1.20 bits per heavy atom. The molecule has 0 aromatic carbocycles. The van der Waals surface area contributed by atoms with E-state index in [9.17, 15) is 0 Å². The van der Waals surface area contributed by atoms with Crippen molar-refractivity contribution in [3.63, 3.8) is 0 Å². The van der Waals surface area contributed by atoms with E-state index in [0.29, 0.717) is 12.1 Å². The third kappa shape index (κ3) is 3.18. The highest BCUT2D eigenvalue weighted by molar-refractivity contribution is 4.85. The molecule has 90 valence electrons. The first-order valence-corrected chi connectivity index (χ1v) is 6.47. The zero-order chi connectivity index (χ0) is 11.4. The highest BCUT2D eigenvalue weighted by Gasteiger charge is 2.28. The van der Waals surface area contributed by atoms with E-state index in [1.807, 2.05) is 0 Å². The van der Waals surface area contributed by atoms with Gasteiger partial charge in [0.15, 0.2) is 0 Å². The molecule has 0 aromatic heterocycles. The molecule has 4 unspecified atom stereocenters. The maximum Gasteiger partial charge on any atom is 0.0218 e. The quantitative estimate of drug-likeness (QED) is 0.770. The Labute approximate surface area is 95.4 Å². The van der Waals surface area contributed by atoms with E-state index < -0.39 is 0 Å². The molecule has 0 aromatic rings. The van der Waals surface area contributed by atoms with Crippen LogP contribution in [0.5, 0.6) is 0 Å². The van der Waals surface area contributed by atoms with Crippen molar-refractivity contribution in [2.45, 2.75) is 64.6 Å². The summed E-state index contributed by atoms with van der Waals surface area (Å²) in [6.07, 6.45) is 5.65. The zero-order valence-electron chi connectivity index (χ0n) is 11.1. The lowest BCUT2D eigenvalue weighted by atomic mass is 9.84. The van der Waals surface area contributed by atoms with Gasteiger partial charge in [0.2, 0.25) is 0 Å². The van der Waals surface area contributed by atoms with Crippen molar-refractivity contribution >= 4 is 0 Å². The second kappa shape index (κ2) is 5.86. The molecule has 4 atom stereocenters. The van der Waals surface area contributed by atoms with Gasteiger partial charge in [-0.05, 0) is 46.7 Å². The topological polar surface area (TPSA) is 15.3 Å². The summed E-state index contributed by atoms with van der Waals surface area (Å²) >= 11 is 0. The average molecular weight is 212 g/mol. The van der Waals surface area contributed by atoms with Crippen LogP contribution in [0.1, 0.15) is 46.5 Å². The molecule has 1 aliphatic rings. The molecule has 0 spiro atoms. The van der Waals surface area contributed by atoms with Crippen LogP contribution in [0.25, 0.3) is 0 Å². The highest BCUT2D eigenvalue weighted by atomic mass is 15.2. The number of nitrogens with one attached hydrogen (secondary N) is 1. The predicted molar refractivity (Wildman–Crippen MR) is 67.2 cm³/mol. The number of nitrogens with zero attached hydrogens (tertiary/aromatic N) is 1. The van der Waals surface area contributed by atoms with Crippen LogP contribution in [0.15, 0.2) is 0 Å². The van der Waals surface area contributed by atoms with Crippen LogP contribution in [0, 0.1) is 5.92 Å². The van der Waals surface area contributed by atoms with Gasteiger partial charge in [0, 0.05) is 18.1 Å². The first-order valence-electron chi connectivity index (χ1n) is 6.47. The Hall–Kier alpha value is -0.0800. The summed E-state index contributed by atoms with van der Waals surface area (Å²) in [6.45, 7) is 7.02. The lowest BCUT2D eigenvalue weighted by Crippen LogP contribution is -2.50. The average Bonchev–Trinajstić information content (AvgIpc) is 2.26. The minimum absolute atomic E-state index is 0.573. The Morgan fingerprint density at radius 3 is 2.33 bits per heavy atom. The van der Waals surface area contributed by atoms with Crippen LogP contribution in [0.4, 0.5) is 0 Å². The monoisotopic (exact) mass is 212 g/mol. The molecule has 1 saturated carbocycles.